The lowest BCUT2D eigenvalue weighted by Crippen LogP contribution is -2.21. The number of nitrogens with one attached hydrogen (secondary N) is 1. The largest absolute Gasteiger partial charge is 0.382 e. The van der Waals surface area contributed by atoms with Crippen LogP contribution in [0.1, 0.15) is 28.8 Å². The Hall–Kier alpha value is -2.64. The Morgan fingerprint density at radius 1 is 1.18 bits per heavy atom. The van der Waals surface area contributed by atoms with Crippen molar-refractivity contribution in [2.24, 2.45) is 0 Å². The topological polar surface area (TPSA) is 64.1 Å². The Balaban J connectivity index is 1.80. The van der Waals surface area contributed by atoms with Crippen LogP contribution >= 0.6 is 0 Å². The van der Waals surface area contributed by atoms with Gasteiger partial charge in [-0.1, -0.05) is 6.07 Å². The zero-order valence-corrected chi connectivity index (χ0v) is 11.1. The molecule has 0 saturated heterocycles. The minimum absolute atomic E-state index is 0.134. The summed E-state index contributed by atoms with van der Waals surface area (Å²) in [6.07, 6.45) is 3.63. The van der Waals surface area contributed by atoms with E-state index in [1.165, 1.54) is 6.07 Å². The van der Waals surface area contributed by atoms with Crippen molar-refractivity contribution in [2.75, 3.05) is 5.32 Å². The molecule has 3 rings (SSSR count). The van der Waals surface area contributed by atoms with Crippen molar-refractivity contribution >= 4 is 11.9 Å². The van der Waals surface area contributed by atoms with Gasteiger partial charge in [-0.25, -0.2) is 28.5 Å². The Labute approximate surface area is 123 Å². The van der Waals surface area contributed by atoms with Crippen molar-refractivity contribution < 1.29 is 23.0 Å². The molecule has 22 heavy (non-hydrogen) atoms. The van der Waals surface area contributed by atoms with Gasteiger partial charge in [0.05, 0.1) is 5.54 Å². The molecule has 1 aliphatic carbocycles. The molecule has 1 N–H and O–H groups in total. The van der Waals surface area contributed by atoms with Gasteiger partial charge in [0.1, 0.15) is 5.56 Å². The molecule has 0 atom stereocenters. The molecule has 2 aromatic rings. The fraction of sp³-hybridized carbons (Fsp3) is 0.214. The first-order chi connectivity index (χ1) is 10.5. The SMILES string of the molecule is O=C(OF)c1cnc(NC2(c3ccc(F)c(F)c3)CC2)nc1. The summed E-state index contributed by atoms with van der Waals surface area (Å²) in [6, 6.07) is 3.69. The van der Waals surface area contributed by atoms with Crippen LogP contribution in [0.15, 0.2) is 30.6 Å². The average Bonchev–Trinajstić information content (AvgIpc) is 3.30. The number of aromatic nitrogens is 2. The molecule has 114 valence electrons. The first kappa shape index (κ1) is 14.3. The number of carbonyl (C=O) groups is 1. The van der Waals surface area contributed by atoms with Gasteiger partial charge in [-0.3, -0.25) is 0 Å². The van der Waals surface area contributed by atoms with Crippen LogP contribution in [0.25, 0.3) is 0 Å². The second kappa shape index (κ2) is 5.28. The van der Waals surface area contributed by atoms with Crippen LogP contribution in [0.3, 0.4) is 0 Å². The third-order valence-electron chi connectivity index (χ3n) is 3.53. The summed E-state index contributed by atoms with van der Waals surface area (Å²) >= 11 is 0. The predicted octanol–water partition coefficient (Wildman–Crippen LogP) is 2.90. The molecule has 0 aliphatic heterocycles. The quantitative estimate of drug-likeness (QED) is 0.941. The Morgan fingerprint density at radius 2 is 1.86 bits per heavy atom. The third-order valence-corrected chi connectivity index (χ3v) is 3.53. The summed E-state index contributed by atoms with van der Waals surface area (Å²) in [5, 5.41) is 3.02. The van der Waals surface area contributed by atoms with Gasteiger partial charge in [-0.15, -0.1) is 0 Å². The molecule has 8 heteroatoms. The number of halogens is 3. The molecule has 5 nitrogen and oxygen atoms in total. The summed E-state index contributed by atoms with van der Waals surface area (Å²) < 4.78 is 38.1. The highest BCUT2D eigenvalue weighted by Gasteiger charge is 2.45. The van der Waals surface area contributed by atoms with E-state index in [0.717, 1.165) is 24.5 Å². The molecule has 0 bridgehead atoms. The van der Waals surface area contributed by atoms with Crippen molar-refractivity contribution in [3.8, 4) is 0 Å². The predicted molar refractivity (Wildman–Crippen MR) is 69.4 cm³/mol. The highest BCUT2D eigenvalue weighted by atomic mass is 19.3. The molecule has 1 fully saturated rings. The smallest absolute Gasteiger partial charge is 0.345 e. The zero-order chi connectivity index (χ0) is 15.7. The van der Waals surface area contributed by atoms with Crippen LogP contribution in [-0.2, 0) is 10.5 Å². The van der Waals surface area contributed by atoms with Crippen molar-refractivity contribution in [2.45, 2.75) is 18.4 Å². The second-order valence-electron chi connectivity index (χ2n) is 5.00. The number of nitrogens with zero attached hydrogens (tertiary/aromatic N) is 2. The highest BCUT2D eigenvalue weighted by molar-refractivity contribution is 5.88. The molecule has 1 aromatic heterocycles. The van der Waals surface area contributed by atoms with E-state index in [9.17, 15) is 18.1 Å². The van der Waals surface area contributed by atoms with E-state index in [1.54, 1.807) is 0 Å². The van der Waals surface area contributed by atoms with Gasteiger partial charge in [0.2, 0.25) is 5.95 Å². The summed E-state index contributed by atoms with van der Waals surface area (Å²) in [5.41, 5.74) is -0.107. The number of rotatable bonds is 4. The summed E-state index contributed by atoms with van der Waals surface area (Å²) in [4.78, 5) is 21.8. The Kier molecular flexibility index (Phi) is 3.44. The number of anilines is 1. The molecule has 1 aromatic carbocycles. The van der Waals surface area contributed by atoms with Crippen LogP contribution in [0.2, 0.25) is 0 Å². The average molecular weight is 309 g/mol. The van der Waals surface area contributed by atoms with E-state index < -0.39 is 23.1 Å². The number of benzene rings is 1. The van der Waals surface area contributed by atoms with Crippen molar-refractivity contribution in [1.29, 1.82) is 0 Å². The molecule has 1 aliphatic rings. The van der Waals surface area contributed by atoms with Gasteiger partial charge in [-0.2, -0.15) is 0 Å². The van der Waals surface area contributed by atoms with E-state index >= 15 is 0 Å². The Bertz CT molecular complexity index is 718. The molecule has 0 spiro atoms. The van der Waals surface area contributed by atoms with Crippen molar-refractivity contribution in [3.63, 3.8) is 0 Å². The fourth-order valence-electron chi connectivity index (χ4n) is 2.16. The van der Waals surface area contributed by atoms with Gasteiger partial charge in [-0.05, 0) is 30.5 Å². The fourth-order valence-corrected chi connectivity index (χ4v) is 2.16. The van der Waals surface area contributed by atoms with Gasteiger partial charge >= 0.3 is 5.97 Å². The monoisotopic (exact) mass is 309 g/mol. The minimum Gasteiger partial charge on any atom is -0.345 e. The first-order valence-electron chi connectivity index (χ1n) is 6.43. The molecular formula is C14H10F3N3O2. The summed E-state index contributed by atoms with van der Waals surface area (Å²) in [5.74, 6) is -2.83. The second-order valence-corrected chi connectivity index (χ2v) is 5.00. The van der Waals surface area contributed by atoms with E-state index in [4.69, 9.17) is 0 Å². The van der Waals surface area contributed by atoms with E-state index in [-0.39, 0.29) is 11.5 Å². The van der Waals surface area contributed by atoms with Gasteiger partial charge in [0, 0.05) is 16.9 Å². The number of carbonyl (C=O) groups excluding carboxylic acids is 1. The normalized spacial score (nSPS) is 15.2. The van der Waals surface area contributed by atoms with Gasteiger partial charge < -0.3 is 5.32 Å². The van der Waals surface area contributed by atoms with Crippen LogP contribution in [-0.4, -0.2) is 15.9 Å². The maximum atomic E-state index is 13.3. The molecule has 0 radical (unpaired) electrons. The lowest BCUT2D eigenvalue weighted by Gasteiger charge is -2.18. The lowest BCUT2D eigenvalue weighted by molar-refractivity contribution is -0.0788. The number of hydrogen-bond donors (Lipinski definition) is 1. The first-order valence-corrected chi connectivity index (χ1v) is 6.43. The van der Waals surface area contributed by atoms with Crippen LogP contribution in [0.4, 0.5) is 19.3 Å². The van der Waals surface area contributed by atoms with Crippen molar-refractivity contribution in [3.05, 3.63) is 53.4 Å². The van der Waals surface area contributed by atoms with Crippen molar-refractivity contribution in [1.82, 2.24) is 9.97 Å². The lowest BCUT2D eigenvalue weighted by atomic mass is 10.0. The molecular weight excluding hydrogens is 299 g/mol. The van der Waals surface area contributed by atoms with E-state index in [0.29, 0.717) is 18.4 Å². The third kappa shape index (κ3) is 2.59. The zero-order valence-electron chi connectivity index (χ0n) is 11.1. The molecule has 0 unspecified atom stereocenters. The maximum absolute atomic E-state index is 13.3. The van der Waals surface area contributed by atoms with E-state index in [2.05, 4.69) is 20.2 Å². The van der Waals surface area contributed by atoms with Gasteiger partial charge in [0.25, 0.3) is 0 Å². The Morgan fingerprint density at radius 3 is 2.41 bits per heavy atom. The van der Waals surface area contributed by atoms with Crippen LogP contribution in [0.5, 0.6) is 0 Å². The van der Waals surface area contributed by atoms with Crippen LogP contribution in [0, 0.1) is 11.6 Å². The summed E-state index contributed by atoms with van der Waals surface area (Å²) in [6.45, 7) is 0. The van der Waals surface area contributed by atoms with E-state index in [1.807, 2.05) is 0 Å². The molecule has 1 heterocycles. The highest BCUT2D eigenvalue weighted by Crippen LogP contribution is 2.47. The van der Waals surface area contributed by atoms with Gasteiger partial charge in [0.15, 0.2) is 11.6 Å². The number of hydrogen-bond acceptors (Lipinski definition) is 5. The minimum atomic E-state index is -1.19. The van der Waals surface area contributed by atoms with Crippen LogP contribution < -0.4 is 5.32 Å². The molecule has 0 amide bonds. The molecule has 1 saturated carbocycles. The maximum Gasteiger partial charge on any atom is 0.382 e. The standard InChI is InChI=1S/C14H10F3N3O2/c15-10-2-1-9(5-11(10)16)14(3-4-14)20-13-18-6-8(7-19-13)12(21)22-17/h1-2,5-7H,3-4H2,(H,18,19,20). The summed E-state index contributed by atoms with van der Waals surface area (Å²) in [7, 11) is 0.